The topological polar surface area (TPSA) is 70.5 Å². The van der Waals surface area contributed by atoms with Crippen LogP contribution in [0, 0.1) is 5.41 Å². The first-order chi connectivity index (χ1) is 15.0. The van der Waals surface area contributed by atoms with Crippen molar-refractivity contribution in [3.05, 3.63) is 106 Å². The lowest BCUT2D eigenvalue weighted by atomic mass is 10.00. The molecule has 0 fully saturated rings. The predicted octanol–water partition coefficient (Wildman–Crippen LogP) is 4.80. The maximum atomic E-state index is 12.7. The summed E-state index contributed by atoms with van der Waals surface area (Å²) in [4.78, 5) is 26.8. The van der Waals surface area contributed by atoms with Gasteiger partial charge in [-0.05, 0) is 60.7 Å². The van der Waals surface area contributed by atoms with Crippen molar-refractivity contribution >= 4 is 17.7 Å². The van der Waals surface area contributed by atoms with Gasteiger partial charge < -0.3 is 4.74 Å². The Bertz CT molecular complexity index is 1100. The standard InChI is InChI=1S/C26H24N2O3/c1-17(28-25(29)22-5-3-4-6-23(22)26(28)30)20-13-9-18(10-14-20)7-8-19-11-15-21(16-12-19)24(27)31-2/h3-6,9-17,27H,7-8H2,1-2H3. The second-order valence-electron chi connectivity index (χ2n) is 7.67. The number of amides is 2. The Balaban J connectivity index is 1.41. The summed E-state index contributed by atoms with van der Waals surface area (Å²) in [5, 5.41) is 7.70. The van der Waals surface area contributed by atoms with Crippen LogP contribution in [0.5, 0.6) is 0 Å². The van der Waals surface area contributed by atoms with Crippen molar-refractivity contribution in [1.29, 1.82) is 5.41 Å². The van der Waals surface area contributed by atoms with Crippen molar-refractivity contribution in [1.82, 2.24) is 4.90 Å². The van der Waals surface area contributed by atoms with Gasteiger partial charge in [0.25, 0.3) is 11.8 Å². The fourth-order valence-corrected chi connectivity index (χ4v) is 3.90. The van der Waals surface area contributed by atoms with Gasteiger partial charge in [0, 0.05) is 5.56 Å². The molecule has 0 spiro atoms. The molecule has 1 aliphatic rings. The van der Waals surface area contributed by atoms with E-state index in [0.29, 0.717) is 11.1 Å². The van der Waals surface area contributed by atoms with Crippen molar-refractivity contribution in [2.24, 2.45) is 0 Å². The number of rotatable bonds is 6. The van der Waals surface area contributed by atoms with Crippen LogP contribution in [0.25, 0.3) is 0 Å². The zero-order valence-corrected chi connectivity index (χ0v) is 17.6. The molecule has 0 radical (unpaired) electrons. The van der Waals surface area contributed by atoms with E-state index in [2.05, 4.69) is 12.1 Å². The predicted molar refractivity (Wildman–Crippen MR) is 119 cm³/mol. The molecule has 0 bridgehead atoms. The van der Waals surface area contributed by atoms with E-state index in [1.54, 1.807) is 24.3 Å². The highest BCUT2D eigenvalue weighted by molar-refractivity contribution is 6.21. The minimum absolute atomic E-state index is 0.161. The highest BCUT2D eigenvalue weighted by atomic mass is 16.5. The highest BCUT2D eigenvalue weighted by Gasteiger charge is 2.38. The molecule has 0 aromatic heterocycles. The Kier molecular flexibility index (Phi) is 5.67. The van der Waals surface area contributed by atoms with Gasteiger partial charge in [0.1, 0.15) is 0 Å². The molecule has 0 saturated heterocycles. The van der Waals surface area contributed by atoms with Crippen LogP contribution < -0.4 is 0 Å². The summed E-state index contributed by atoms with van der Waals surface area (Å²) < 4.78 is 4.94. The summed E-state index contributed by atoms with van der Waals surface area (Å²) in [7, 11) is 1.50. The largest absolute Gasteiger partial charge is 0.481 e. The van der Waals surface area contributed by atoms with Crippen molar-refractivity contribution < 1.29 is 14.3 Å². The summed E-state index contributed by atoms with van der Waals surface area (Å²) in [6.45, 7) is 1.88. The van der Waals surface area contributed by atoms with Gasteiger partial charge in [0.2, 0.25) is 5.90 Å². The van der Waals surface area contributed by atoms with E-state index < -0.39 is 0 Å². The summed E-state index contributed by atoms with van der Waals surface area (Å²) in [5.41, 5.74) is 5.02. The van der Waals surface area contributed by atoms with E-state index in [0.717, 1.165) is 24.0 Å². The van der Waals surface area contributed by atoms with E-state index in [9.17, 15) is 9.59 Å². The highest BCUT2D eigenvalue weighted by Crippen LogP contribution is 2.31. The van der Waals surface area contributed by atoms with Crippen LogP contribution in [0.3, 0.4) is 0 Å². The lowest BCUT2D eigenvalue weighted by Gasteiger charge is -2.23. The minimum atomic E-state index is -0.329. The van der Waals surface area contributed by atoms with Crippen molar-refractivity contribution in [3.8, 4) is 0 Å². The van der Waals surface area contributed by atoms with Crippen LogP contribution in [0.2, 0.25) is 0 Å². The second kappa shape index (κ2) is 8.56. The molecule has 1 N–H and O–H groups in total. The molecular weight excluding hydrogens is 388 g/mol. The van der Waals surface area contributed by atoms with Crippen LogP contribution >= 0.6 is 0 Å². The maximum absolute atomic E-state index is 12.7. The molecule has 156 valence electrons. The summed E-state index contributed by atoms with van der Waals surface area (Å²) >= 11 is 0. The average Bonchev–Trinajstić information content (AvgIpc) is 3.07. The van der Waals surface area contributed by atoms with Crippen molar-refractivity contribution in [2.75, 3.05) is 7.11 Å². The van der Waals surface area contributed by atoms with Crippen LogP contribution in [-0.2, 0) is 17.6 Å². The van der Waals surface area contributed by atoms with Gasteiger partial charge >= 0.3 is 0 Å². The number of carbonyl (C=O) groups excluding carboxylic acids is 2. The number of fused-ring (bicyclic) bond motifs is 1. The molecule has 1 aliphatic heterocycles. The Morgan fingerprint density at radius 2 is 1.32 bits per heavy atom. The van der Waals surface area contributed by atoms with E-state index in [1.807, 2.05) is 43.3 Å². The number of carbonyl (C=O) groups is 2. The van der Waals surface area contributed by atoms with Gasteiger partial charge in [-0.1, -0.05) is 48.5 Å². The molecule has 0 saturated carbocycles. The smallest absolute Gasteiger partial charge is 0.262 e. The number of nitrogens with zero attached hydrogens (tertiary/aromatic N) is 1. The van der Waals surface area contributed by atoms with Crippen LogP contribution in [0.1, 0.15) is 55.9 Å². The van der Waals surface area contributed by atoms with Gasteiger partial charge in [-0.25, -0.2) is 0 Å². The lowest BCUT2D eigenvalue weighted by molar-refractivity contribution is 0.0595. The van der Waals surface area contributed by atoms with Crippen LogP contribution in [0.15, 0.2) is 72.8 Å². The molecule has 1 heterocycles. The first kappa shape index (κ1) is 20.5. The average molecular weight is 412 g/mol. The zero-order valence-electron chi connectivity index (χ0n) is 17.6. The molecule has 3 aromatic rings. The third kappa shape index (κ3) is 3.99. The summed E-state index contributed by atoms with van der Waals surface area (Å²) in [5.74, 6) is -0.307. The molecule has 4 rings (SSSR count). The van der Waals surface area contributed by atoms with Gasteiger partial charge in [0.15, 0.2) is 0 Å². The van der Waals surface area contributed by atoms with Gasteiger partial charge in [-0.2, -0.15) is 0 Å². The fraction of sp³-hybridized carbons (Fsp3) is 0.192. The molecule has 5 nitrogen and oxygen atoms in total. The summed E-state index contributed by atoms with van der Waals surface area (Å²) in [6, 6.07) is 22.6. The number of aryl methyl sites for hydroxylation is 2. The molecule has 3 aromatic carbocycles. The quantitative estimate of drug-likeness (QED) is 0.359. The first-order valence-electron chi connectivity index (χ1n) is 10.3. The Hall–Kier alpha value is -3.73. The molecule has 1 unspecified atom stereocenters. The molecule has 5 heteroatoms. The Morgan fingerprint density at radius 1 is 0.839 bits per heavy atom. The number of hydrogen-bond acceptors (Lipinski definition) is 4. The SMILES string of the molecule is COC(=N)c1ccc(CCc2ccc(C(C)N3C(=O)c4ccccc4C3=O)cc2)cc1. The van der Waals surface area contributed by atoms with E-state index in [1.165, 1.54) is 23.1 Å². The molecule has 31 heavy (non-hydrogen) atoms. The molecular formula is C26H24N2O3. The van der Waals surface area contributed by atoms with Gasteiger partial charge in [-0.3, -0.25) is 19.9 Å². The third-order valence-corrected chi connectivity index (χ3v) is 5.80. The monoisotopic (exact) mass is 412 g/mol. The zero-order chi connectivity index (χ0) is 22.0. The van der Waals surface area contributed by atoms with E-state index in [4.69, 9.17) is 10.1 Å². The second-order valence-corrected chi connectivity index (χ2v) is 7.67. The number of imide groups is 1. The van der Waals surface area contributed by atoms with E-state index >= 15 is 0 Å². The number of benzene rings is 3. The van der Waals surface area contributed by atoms with E-state index in [-0.39, 0.29) is 23.8 Å². The number of hydrogen-bond donors (Lipinski definition) is 1. The number of nitrogens with one attached hydrogen (secondary N) is 1. The minimum Gasteiger partial charge on any atom is -0.481 e. The van der Waals surface area contributed by atoms with Crippen molar-refractivity contribution in [3.63, 3.8) is 0 Å². The van der Waals surface area contributed by atoms with Gasteiger partial charge in [0.05, 0.1) is 24.3 Å². The lowest BCUT2D eigenvalue weighted by Crippen LogP contribution is -2.32. The molecule has 1 atom stereocenters. The number of ether oxygens (including phenoxy) is 1. The van der Waals surface area contributed by atoms with Crippen molar-refractivity contribution in [2.45, 2.75) is 25.8 Å². The molecule has 2 amide bonds. The fourth-order valence-electron chi connectivity index (χ4n) is 3.90. The van der Waals surface area contributed by atoms with Crippen LogP contribution in [0.4, 0.5) is 0 Å². The maximum Gasteiger partial charge on any atom is 0.262 e. The van der Waals surface area contributed by atoms with Crippen LogP contribution in [-0.4, -0.2) is 29.7 Å². The third-order valence-electron chi connectivity index (χ3n) is 5.80. The first-order valence-corrected chi connectivity index (χ1v) is 10.3. The molecule has 0 aliphatic carbocycles. The Labute approximate surface area is 181 Å². The van der Waals surface area contributed by atoms with Gasteiger partial charge in [-0.15, -0.1) is 0 Å². The normalized spacial score (nSPS) is 13.8. The number of methoxy groups -OCH3 is 1. The summed E-state index contributed by atoms with van der Waals surface area (Å²) in [6.07, 6.45) is 1.76. The Morgan fingerprint density at radius 3 is 1.81 bits per heavy atom.